The van der Waals surface area contributed by atoms with E-state index in [4.69, 9.17) is 4.99 Å². The third-order valence-corrected chi connectivity index (χ3v) is 4.75. The maximum atomic E-state index is 10.1. The fraction of sp³-hybridized carbons (Fsp3) is 0.526. The lowest BCUT2D eigenvalue weighted by Gasteiger charge is -2.37. The van der Waals surface area contributed by atoms with Crippen molar-refractivity contribution in [1.82, 2.24) is 25.0 Å². The number of anilines is 1. The summed E-state index contributed by atoms with van der Waals surface area (Å²) in [5, 5.41) is 21.6. The Morgan fingerprint density at radius 2 is 1.96 bits per heavy atom. The standard InChI is InChI=1S/C19H29N7O/c1-3-18-23-22-15-26(18)10-9-21-19(20-4-2)25-13-11-24(12-14-25)16-7-5-6-8-17(16)27/h5-8,15,27H,3-4,9-14H2,1-2H3,(H,20,21). The maximum Gasteiger partial charge on any atom is 0.194 e. The summed E-state index contributed by atoms with van der Waals surface area (Å²) in [5.41, 5.74) is 0.902. The smallest absolute Gasteiger partial charge is 0.194 e. The first kappa shape index (κ1) is 19.0. The number of aryl methyl sites for hydroxylation is 1. The summed E-state index contributed by atoms with van der Waals surface area (Å²) in [6.07, 6.45) is 2.64. The molecule has 146 valence electrons. The van der Waals surface area contributed by atoms with Crippen LogP contribution in [0.5, 0.6) is 5.75 Å². The summed E-state index contributed by atoms with van der Waals surface area (Å²) in [6.45, 7) is 9.92. The van der Waals surface area contributed by atoms with Gasteiger partial charge in [0.15, 0.2) is 5.96 Å². The van der Waals surface area contributed by atoms with E-state index in [1.807, 2.05) is 18.2 Å². The Balaban J connectivity index is 1.58. The van der Waals surface area contributed by atoms with Gasteiger partial charge in [-0.15, -0.1) is 10.2 Å². The van der Waals surface area contributed by atoms with Crippen molar-refractivity contribution in [2.45, 2.75) is 26.8 Å². The molecular formula is C19H29N7O. The monoisotopic (exact) mass is 371 g/mol. The van der Waals surface area contributed by atoms with Gasteiger partial charge in [-0.3, -0.25) is 4.99 Å². The number of phenolic OH excluding ortho intramolecular Hbond substituents is 1. The minimum Gasteiger partial charge on any atom is -0.506 e. The van der Waals surface area contributed by atoms with E-state index in [0.717, 1.165) is 63.2 Å². The van der Waals surface area contributed by atoms with Crippen molar-refractivity contribution in [1.29, 1.82) is 0 Å². The van der Waals surface area contributed by atoms with Crippen LogP contribution < -0.4 is 10.2 Å². The minimum atomic E-state index is 0.340. The summed E-state index contributed by atoms with van der Waals surface area (Å²) in [5.74, 6) is 2.28. The van der Waals surface area contributed by atoms with Crippen LogP contribution in [0.4, 0.5) is 5.69 Å². The molecular weight excluding hydrogens is 342 g/mol. The molecule has 1 fully saturated rings. The van der Waals surface area contributed by atoms with Crippen LogP contribution in [0.3, 0.4) is 0 Å². The van der Waals surface area contributed by atoms with Gasteiger partial charge in [-0.2, -0.15) is 0 Å². The van der Waals surface area contributed by atoms with Crippen molar-refractivity contribution in [3.63, 3.8) is 0 Å². The maximum absolute atomic E-state index is 10.1. The first-order valence-corrected chi connectivity index (χ1v) is 9.65. The fourth-order valence-corrected chi connectivity index (χ4v) is 3.32. The number of guanidine groups is 1. The highest BCUT2D eigenvalue weighted by Gasteiger charge is 2.21. The SMILES string of the molecule is CCNC(=NCCn1cnnc1CC)N1CCN(c2ccccc2O)CC1. The number of nitrogens with zero attached hydrogens (tertiary/aromatic N) is 6. The number of rotatable bonds is 6. The summed E-state index contributed by atoms with van der Waals surface area (Å²) >= 11 is 0. The van der Waals surface area contributed by atoms with Gasteiger partial charge in [0.25, 0.3) is 0 Å². The Morgan fingerprint density at radius 1 is 1.19 bits per heavy atom. The lowest BCUT2D eigenvalue weighted by atomic mass is 10.2. The van der Waals surface area contributed by atoms with Gasteiger partial charge in [-0.25, -0.2) is 0 Å². The van der Waals surface area contributed by atoms with E-state index in [9.17, 15) is 5.11 Å². The first-order chi connectivity index (χ1) is 13.2. The Hall–Kier alpha value is -2.77. The van der Waals surface area contributed by atoms with Crippen LogP contribution in [0.2, 0.25) is 0 Å². The molecule has 3 rings (SSSR count). The van der Waals surface area contributed by atoms with Gasteiger partial charge in [-0.05, 0) is 19.1 Å². The van der Waals surface area contributed by atoms with Crippen LogP contribution in [0.15, 0.2) is 35.6 Å². The number of para-hydroxylation sites is 2. The second-order valence-corrected chi connectivity index (χ2v) is 6.49. The van der Waals surface area contributed by atoms with E-state index < -0.39 is 0 Å². The number of aliphatic imine (C=N–C) groups is 1. The fourth-order valence-electron chi connectivity index (χ4n) is 3.32. The zero-order valence-corrected chi connectivity index (χ0v) is 16.2. The van der Waals surface area contributed by atoms with Crippen LogP contribution in [-0.2, 0) is 13.0 Å². The lowest BCUT2D eigenvalue weighted by molar-refractivity contribution is 0.369. The number of hydrogen-bond acceptors (Lipinski definition) is 5. The molecule has 8 nitrogen and oxygen atoms in total. The number of benzene rings is 1. The Labute approximate surface area is 160 Å². The Bertz CT molecular complexity index is 750. The lowest BCUT2D eigenvalue weighted by Crippen LogP contribution is -2.52. The molecule has 0 bridgehead atoms. The number of hydrogen-bond donors (Lipinski definition) is 2. The number of nitrogens with one attached hydrogen (secondary N) is 1. The van der Waals surface area contributed by atoms with Gasteiger partial charge in [0, 0.05) is 45.7 Å². The average Bonchev–Trinajstić information content (AvgIpc) is 3.15. The minimum absolute atomic E-state index is 0.340. The van der Waals surface area contributed by atoms with E-state index in [1.54, 1.807) is 12.4 Å². The van der Waals surface area contributed by atoms with Crippen molar-refractivity contribution >= 4 is 11.6 Å². The molecule has 2 N–H and O–H groups in total. The molecule has 1 aliphatic rings. The van der Waals surface area contributed by atoms with Gasteiger partial charge in [0.1, 0.15) is 17.9 Å². The van der Waals surface area contributed by atoms with E-state index in [-0.39, 0.29) is 0 Å². The van der Waals surface area contributed by atoms with E-state index in [0.29, 0.717) is 12.3 Å². The largest absolute Gasteiger partial charge is 0.506 e. The van der Waals surface area contributed by atoms with Crippen molar-refractivity contribution in [3.8, 4) is 5.75 Å². The predicted octanol–water partition coefficient (Wildman–Crippen LogP) is 1.33. The first-order valence-electron chi connectivity index (χ1n) is 9.65. The molecule has 0 atom stereocenters. The molecule has 0 radical (unpaired) electrons. The van der Waals surface area contributed by atoms with Crippen LogP contribution in [0.25, 0.3) is 0 Å². The Morgan fingerprint density at radius 3 is 2.67 bits per heavy atom. The average molecular weight is 371 g/mol. The highest BCUT2D eigenvalue weighted by Crippen LogP contribution is 2.27. The normalized spacial score (nSPS) is 15.3. The number of aromatic nitrogens is 3. The third kappa shape index (κ3) is 4.69. The zero-order valence-electron chi connectivity index (χ0n) is 16.2. The van der Waals surface area contributed by atoms with Crippen LogP contribution in [-0.4, -0.2) is 70.0 Å². The van der Waals surface area contributed by atoms with Crippen molar-refractivity contribution in [2.24, 2.45) is 4.99 Å². The summed E-state index contributed by atoms with van der Waals surface area (Å²) in [6, 6.07) is 7.52. The molecule has 0 spiro atoms. The molecule has 1 aromatic heterocycles. The van der Waals surface area contributed by atoms with E-state index >= 15 is 0 Å². The molecule has 27 heavy (non-hydrogen) atoms. The second-order valence-electron chi connectivity index (χ2n) is 6.49. The molecule has 2 aromatic rings. The van der Waals surface area contributed by atoms with Crippen molar-refractivity contribution in [3.05, 3.63) is 36.4 Å². The quantitative estimate of drug-likeness (QED) is 0.589. The summed E-state index contributed by atoms with van der Waals surface area (Å²) in [7, 11) is 0. The summed E-state index contributed by atoms with van der Waals surface area (Å²) in [4.78, 5) is 9.30. The molecule has 1 aliphatic heterocycles. The molecule has 0 unspecified atom stereocenters. The highest BCUT2D eigenvalue weighted by molar-refractivity contribution is 5.80. The van der Waals surface area contributed by atoms with E-state index in [2.05, 4.69) is 43.7 Å². The van der Waals surface area contributed by atoms with E-state index in [1.165, 1.54) is 0 Å². The van der Waals surface area contributed by atoms with Crippen LogP contribution >= 0.6 is 0 Å². The predicted molar refractivity (Wildman–Crippen MR) is 107 cm³/mol. The number of phenols is 1. The van der Waals surface area contributed by atoms with Crippen LogP contribution in [0.1, 0.15) is 19.7 Å². The molecule has 1 saturated heterocycles. The van der Waals surface area contributed by atoms with Gasteiger partial charge in [0.05, 0.1) is 12.2 Å². The summed E-state index contributed by atoms with van der Waals surface area (Å²) < 4.78 is 2.06. The highest BCUT2D eigenvalue weighted by atomic mass is 16.3. The molecule has 1 aromatic carbocycles. The molecule has 0 saturated carbocycles. The van der Waals surface area contributed by atoms with Gasteiger partial charge in [-0.1, -0.05) is 19.1 Å². The molecule has 8 heteroatoms. The van der Waals surface area contributed by atoms with Crippen molar-refractivity contribution < 1.29 is 5.11 Å². The third-order valence-electron chi connectivity index (χ3n) is 4.75. The van der Waals surface area contributed by atoms with Gasteiger partial charge < -0.3 is 24.8 Å². The molecule has 2 heterocycles. The molecule has 0 aliphatic carbocycles. The van der Waals surface area contributed by atoms with Crippen LogP contribution in [0, 0.1) is 0 Å². The van der Waals surface area contributed by atoms with Gasteiger partial charge in [0.2, 0.25) is 0 Å². The topological polar surface area (TPSA) is 81.8 Å². The Kier molecular flexibility index (Phi) is 6.51. The van der Waals surface area contributed by atoms with Gasteiger partial charge >= 0.3 is 0 Å². The molecule has 0 amide bonds. The second kappa shape index (κ2) is 9.25. The van der Waals surface area contributed by atoms with Crippen molar-refractivity contribution in [2.75, 3.05) is 44.2 Å². The number of piperazine rings is 1. The zero-order chi connectivity index (χ0) is 19.1. The number of aromatic hydroxyl groups is 1.